The maximum Gasteiger partial charge on any atom is 0.243 e. The second-order valence-electron chi connectivity index (χ2n) is 8.86. The molecular weight excluding hydrogens is 430 g/mol. The molecule has 33 heavy (non-hydrogen) atoms. The van der Waals surface area contributed by atoms with Gasteiger partial charge in [-0.15, -0.1) is 0 Å². The molecule has 0 aromatic heterocycles. The Morgan fingerprint density at radius 2 is 1.24 bits per heavy atom. The smallest absolute Gasteiger partial charge is 0.243 e. The summed E-state index contributed by atoms with van der Waals surface area (Å²) in [5.41, 5.74) is 3.03. The molecule has 0 spiro atoms. The van der Waals surface area contributed by atoms with Gasteiger partial charge in [-0.1, -0.05) is 80.6 Å². The van der Waals surface area contributed by atoms with Gasteiger partial charge in [-0.3, -0.25) is 0 Å². The zero-order valence-corrected chi connectivity index (χ0v) is 20.3. The lowest BCUT2D eigenvalue weighted by Gasteiger charge is -2.42. The van der Waals surface area contributed by atoms with Crippen molar-refractivity contribution in [3.05, 3.63) is 101 Å². The largest absolute Gasteiger partial charge is 0.380 e. The lowest BCUT2D eigenvalue weighted by molar-refractivity contribution is -0.00533. The van der Waals surface area contributed by atoms with Crippen LogP contribution in [0.1, 0.15) is 48.9 Å². The van der Waals surface area contributed by atoms with Gasteiger partial charge in [-0.2, -0.15) is 4.31 Å². The summed E-state index contributed by atoms with van der Waals surface area (Å²) >= 11 is 0. The summed E-state index contributed by atoms with van der Waals surface area (Å²) in [6.07, 6.45) is 3.07. The first-order valence-electron chi connectivity index (χ1n) is 11.9. The number of nitrogens with zero attached hydrogens (tertiary/aromatic N) is 1. The van der Waals surface area contributed by atoms with Crippen LogP contribution in [0.2, 0.25) is 0 Å². The molecule has 1 saturated heterocycles. The Kier molecular flexibility index (Phi) is 7.03. The number of aliphatic hydroxyl groups is 1. The summed E-state index contributed by atoms with van der Waals surface area (Å²) < 4.78 is 27.7. The second-order valence-corrected chi connectivity index (χ2v) is 10.8. The van der Waals surface area contributed by atoms with Crippen molar-refractivity contribution < 1.29 is 13.5 Å². The third-order valence-electron chi connectivity index (χ3n) is 7.03. The topological polar surface area (TPSA) is 57.6 Å². The van der Waals surface area contributed by atoms with E-state index in [1.54, 1.807) is 28.6 Å². The highest BCUT2D eigenvalue weighted by Gasteiger charge is 2.43. The fourth-order valence-electron chi connectivity index (χ4n) is 4.88. The maximum atomic E-state index is 13.1. The van der Waals surface area contributed by atoms with Crippen LogP contribution in [0.25, 0.3) is 0 Å². The molecule has 5 heteroatoms. The Morgan fingerprint density at radius 3 is 1.67 bits per heavy atom. The zero-order chi connectivity index (χ0) is 23.5. The third-order valence-corrected chi connectivity index (χ3v) is 8.94. The summed E-state index contributed by atoms with van der Waals surface area (Å²) in [7, 11) is -3.53. The summed E-state index contributed by atoms with van der Waals surface area (Å²) in [6, 6.07) is 25.0. The Bertz CT molecular complexity index is 1100. The molecule has 0 saturated carbocycles. The molecule has 1 heterocycles. The van der Waals surface area contributed by atoms with E-state index in [0.29, 0.717) is 30.8 Å². The summed E-state index contributed by atoms with van der Waals surface area (Å²) in [5, 5.41) is 12.2. The first kappa shape index (κ1) is 23.7. The van der Waals surface area contributed by atoms with Gasteiger partial charge < -0.3 is 5.11 Å². The molecule has 1 N–H and O–H groups in total. The third kappa shape index (κ3) is 4.63. The first-order chi connectivity index (χ1) is 15.9. The Hall–Kier alpha value is -2.47. The summed E-state index contributed by atoms with van der Waals surface area (Å²) in [4.78, 5) is 0.323. The molecule has 1 aliphatic heterocycles. The number of piperidine rings is 1. The van der Waals surface area contributed by atoms with E-state index in [2.05, 4.69) is 38.1 Å². The van der Waals surface area contributed by atoms with E-state index in [9.17, 15) is 13.5 Å². The molecule has 4 nitrogen and oxygen atoms in total. The number of hydrogen-bond donors (Lipinski definition) is 1. The van der Waals surface area contributed by atoms with E-state index in [-0.39, 0.29) is 5.92 Å². The van der Waals surface area contributed by atoms with Crippen molar-refractivity contribution in [1.29, 1.82) is 0 Å². The zero-order valence-electron chi connectivity index (χ0n) is 19.4. The highest BCUT2D eigenvalue weighted by atomic mass is 32.2. The highest BCUT2D eigenvalue weighted by Crippen LogP contribution is 2.43. The molecule has 0 bridgehead atoms. The van der Waals surface area contributed by atoms with Crippen LogP contribution >= 0.6 is 0 Å². The summed E-state index contributed by atoms with van der Waals surface area (Å²) in [5.74, 6) is -0.0836. The standard InChI is InChI=1S/C28H33NO3S/c1-3-22-10-14-24(15-11-22)28(30,25-16-12-23(4-2)13-17-25)26-18-20-29(21-19-26)33(31,32)27-8-6-5-7-9-27/h5-17,26,30H,3-4,18-21H2,1-2H3. The normalized spacial score (nSPS) is 16.1. The van der Waals surface area contributed by atoms with Gasteiger partial charge in [-0.25, -0.2) is 8.42 Å². The number of sulfonamides is 1. The van der Waals surface area contributed by atoms with Crippen LogP contribution in [0.15, 0.2) is 83.8 Å². The SMILES string of the molecule is CCc1ccc(C(O)(c2ccc(CC)cc2)C2CCN(S(=O)(=O)c3ccccc3)CC2)cc1. The molecule has 1 fully saturated rings. The molecule has 0 aliphatic carbocycles. The van der Waals surface area contributed by atoms with Gasteiger partial charge in [0.1, 0.15) is 5.60 Å². The van der Waals surface area contributed by atoms with E-state index in [1.165, 1.54) is 11.1 Å². The Balaban J connectivity index is 1.64. The van der Waals surface area contributed by atoms with Crippen molar-refractivity contribution in [2.75, 3.05) is 13.1 Å². The van der Waals surface area contributed by atoms with Gasteiger partial charge >= 0.3 is 0 Å². The monoisotopic (exact) mass is 463 g/mol. The van der Waals surface area contributed by atoms with Crippen molar-refractivity contribution in [3.8, 4) is 0 Å². The first-order valence-corrected chi connectivity index (χ1v) is 13.3. The van der Waals surface area contributed by atoms with Gasteiger partial charge in [-0.05, 0) is 66.0 Å². The van der Waals surface area contributed by atoms with E-state index < -0.39 is 15.6 Å². The predicted molar refractivity (Wildman–Crippen MR) is 133 cm³/mol. The average Bonchev–Trinajstić information content (AvgIpc) is 2.89. The average molecular weight is 464 g/mol. The minimum absolute atomic E-state index is 0.0836. The van der Waals surface area contributed by atoms with Crippen LogP contribution in [0.4, 0.5) is 0 Å². The van der Waals surface area contributed by atoms with Gasteiger partial charge in [0.25, 0.3) is 0 Å². The molecule has 0 radical (unpaired) electrons. The van der Waals surface area contributed by atoms with Crippen LogP contribution in [0, 0.1) is 5.92 Å². The van der Waals surface area contributed by atoms with Gasteiger partial charge in [0, 0.05) is 13.1 Å². The van der Waals surface area contributed by atoms with Crippen molar-refractivity contribution in [2.24, 2.45) is 5.92 Å². The van der Waals surface area contributed by atoms with Crippen LogP contribution in [0.3, 0.4) is 0 Å². The van der Waals surface area contributed by atoms with Gasteiger partial charge in [0.15, 0.2) is 0 Å². The van der Waals surface area contributed by atoms with E-state index >= 15 is 0 Å². The van der Waals surface area contributed by atoms with Crippen LogP contribution in [-0.2, 0) is 28.5 Å². The fourth-order valence-corrected chi connectivity index (χ4v) is 6.37. The van der Waals surface area contributed by atoms with Crippen molar-refractivity contribution in [2.45, 2.75) is 50.0 Å². The summed E-state index contributed by atoms with van der Waals surface area (Å²) in [6.45, 7) is 5.02. The Morgan fingerprint density at radius 1 is 0.788 bits per heavy atom. The van der Waals surface area contributed by atoms with Gasteiger partial charge in [0.2, 0.25) is 10.0 Å². The van der Waals surface area contributed by atoms with E-state index in [0.717, 1.165) is 24.0 Å². The minimum Gasteiger partial charge on any atom is -0.380 e. The number of benzene rings is 3. The predicted octanol–water partition coefficient (Wildman–Crippen LogP) is 5.15. The highest BCUT2D eigenvalue weighted by molar-refractivity contribution is 7.89. The van der Waals surface area contributed by atoms with Gasteiger partial charge in [0.05, 0.1) is 4.90 Å². The van der Waals surface area contributed by atoms with Crippen molar-refractivity contribution >= 4 is 10.0 Å². The van der Waals surface area contributed by atoms with Crippen LogP contribution in [-0.4, -0.2) is 30.9 Å². The fraction of sp³-hybridized carbons (Fsp3) is 0.357. The van der Waals surface area contributed by atoms with E-state index in [4.69, 9.17) is 0 Å². The van der Waals surface area contributed by atoms with Crippen LogP contribution in [0.5, 0.6) is 0 Å². The molecular formula is C28H33NO3S. The van der Waals surface area contributed by atoms with Crippen molar-refractivity contribution in [3.63, 3.8) is 0 Å². The molecule has 0 amide bonds. The molecule has 4 rings (SSSR count). The van der Waals surface area contributed by atoms with Crippen molar-refractivity contribution in [1.82, 2.24) is 4.31 Å². The maximum absolute atomic E-state index is 13.1. The molecule has 0 unspecified atom stereocenters. The lowest BCUT2D eigenvalue weighted by Crippen LogP contribution is -2.46. The quantitative estimate of drug-likeness (QED) is 0.527. The number of rotatable bonds is 7. The molecule has 174 valence electrons. The molecule has 0 atom stereocenters. The minimum atomic E-state index is -3.53. The van der Waals surface area contributed by atoms with E-state index in [1.807, 2.05) is 30.3 Å². The number of hydrogen-bond acceptors (Lipinski definition) is 3. The second kappa shape index (κ2) is 9.80. The lowest BCUT2D eigenvalue weighted by atomic mass is 9.72. The van der Waals surface area contributed by atoms with Crippen LogP contribution < -0.4 is 0 Å². The molecule has 1 aliphatic rings. The molecule has 3 aromatic carbocycles. The Labute approximate surface area is 198 Å². The molecule has 3 aromatic rings. The number of aryl methyl sites for hydroxylation is 2.